The Morgan fingerprint density at radius 3 is 2.57 bits per heavy atom. The Labute approximate surface area is 126 Å². The van der Waals surface area contributed by atoms with E-state index in [1.54, 1.807) is 0 Å². The van der Waals surface area contributed by atoms with Crippen LogP contribution < -0.4 is 0 Å². The Balaban J connectivity index is 2.40. The van der Waals surface area contributed by atoms with Gasteiger partial charge >= 0.3 is 5.97 Å². The molecule has 2 saturated carbocycles. The van der Waals surface area contributed by atoms with Gasteiger partial charge in [0.2, 0.25) is 0 Å². The molecule has 4 nitrogen and oxygen atoms in total. The first-order chi connectivity index (χ1) is 9.61. The van der Waals surface area contributed by atoms with Crippen LogP contribution >= 0.6 is 0 Å². The van der Waals surface area contributed by atoms with Gasteiger partial charge in [0.1, 0.15) is 6.10 Å². The topological polar surface area (TPSA) is 66.8 Å². The molecule has 0 radical (unpaired) electrons. The van der Waals surface area contributed by atoms with E-state index in [2.05, 4.69) is 13.2 Å². The van der Waals surface area contributed by atoms with Crippen LogP contribution in [0.2, 0.25) is 0 Å². The second kappa shape index (κ2) is 5.25. The van der Waals surface area contributed by atoms with Gasteiger partial charge in [-0.3, -0.25) is 4.79 Å². The van der Waals surface area contributed by atoms with Crippen LogP contribution in [0.15, 0.2) is 24.3 Å². The monoisotopic (exact) mass is 294 g/mol. The standard InChI is InChI=1S/C17H26O4/c1-10(2)13-6-7-16(5)15(21-12(4)18)8-14(19)11(3)17(16,20)9-13/h13-15,19-20H,1,3,6-9H2,2,4-5H3/t13-,14+,15-,16+,17-/m1/s1. The molecule has 2 N–H and O–H groups in total. The number of hydrogen-bond acceptors (Lipinski definition) is 4. The highest BCUT2D eigenvalue weighted by Gasteiger charge is 2.61. The van der Waals surface area contributed by atoms with Crippen molar-refractivity contribution in [3.05, 3.63) is 24.3 Å². The summed E-state index contributed by atoms with van der Waals surface area (Å²) in [6.07, 6.45) is 1.05. The molecule has 4 heteroatoms. The van der Waals surface area contributed by atoms with Crippen LogP contribution in [0, 0.1) is 11.3 Å². The first-order valence-electron chi connectivity index (χ1n) is 7.54. The van der Waals surface area contributed by atoms with Crippen LogP contribution in [0.1, 0.15) is 46.5 Å². The zero-order valence-corrected chi connectivity index (χ0v) is 13.2. The summed E-state index contributed by atoms with van der Waals surface area (Å²) >= 11 is 0. The van der Waals surface area contributed by atoms with Gasteiger partial charge in [-0.05, 0) is 37.7 Å². The lowest BCUT2D eigenvalue weighted by Gasteiger charge is -2.58. The predicted molar refractivity (Wildman–Crippen MR) is 80.5 cm³/mol. The minimum Gasteiger partial charge on any atom is -0.462 e. The molecular formula is C17H26O4. The van der Waals surface area contributed by atoms with E-state index in [1.807, 2.05) is 13.8 Å². The molecule has 2 aliphatic rings. The Morgan fingerprint density at radius 1 is 1.43 bits per heavy atom. The lowest BCUT2D eigenvalue weighted by atomic mass is 9.51. The zero-order valence-electron chi connectivity index (χ0n) is 13.2. The van der Waals surface area contributed by atoms with Crippen molar-refractivity contribution in [2.45, 2.75) is 64.3 Å². The van der Waals surface area contributed by atoms with Crippen LogP contribution in [0.3, 0.4) is 0 Å². The molecule has 2 aliphatic carbocycles. The van der Waals surface area contributed by atoms with Crippen molar-refractivity contribution >= 4 is 5.97 Å². The van der Waals surface area contributed by atoms with E-state index in [0.717, 1.165) is 12.0 Å². The number of carbonyl (C=O) groups is 1. The molecule has 118 valence electrons. The van der Waals surface area contributed by atoms with Gasteiger partial charge in [0.15, 0.2) is 0 Å². The van der Waals surface area contributed by atoms with Crippen LogP contribution in [0.4, 0.5) is 0 Å². The molecule has 2 fully saturated rings. The summed E-state index contributed by atoms with van der Waals surface area (Å²) in [7, 11) is 0. The number of aliphatic hydroxyl groups excluding tert-OH is 1. The fraction of sp³-hybridized carbons (Fsp3) is 0.706. The van der Waals surface area contributed by atoms with Gasteiger partial charge < -0.3 is 14.9 Å². The molecule has 0 unspecified atom stereocenters. The van der Waals surface area contributed by atoms with Crippen molar-refractivity contribution < 1.29 is 19.7 Å². The van der Waals surface area contributed by atoms with Crippen molar-refractivity contribution in [2.75, 3.05) is 0 Å². The third-order valence-electron chi connectivity index (χ3n) is 5.59. The minimum absolute atomic E-state index is 0.197. The summed E-state index contributed by atoms with van der Waals surface area (Å²) in [6.45, 7) is 13.2. The minimum atomic E-state index is -1.23. The number of esters is 1. The SMILES string of the molecule is C=C(C)[C@@H]1CC[C@@]2(C)[C@H](OC(C)=O)C[C@H](O)C(=C)[C@]2(O)C1. The van der Waals surface area contributed by atoms with Crippen LogP contribution in [0.5, 0.6) is 0 Å². The van der Waals surface area contributed by atoms with E-state index >= 15 is 0 Å². The first-order valence-corrected chi connectivity index (χ1v) is 7.54. The van der Waals surface area contributed by atoms with E-state index in [-0.39, 0.29) is 11.9 Å². The highest BCUT2D eigenvalue weighted by molar-refractivity contribution is 5.66. The quantitative estimate of drug-likeness (QED) is 0.606. The van der Waals surface area contributed by atoms with E-state index in [9.17, 15) is 15.0 Å². The molecule has 0 aromatic rings. The fourth-order valence-electron chi connectivity index (χ4n) is 3.98. The summed E-state index contributed by atoms with van der Waals surface area (Å²) in [5.74, 6) is -0.187. The summed E-state index contributed by atoms with van der Waals surface area (Å²) in [5.41, 5.74) is -0.366. The van der Waals surface area contributed by atoms with Crippen molar-refractivity contribution in [2.24, 2.45) is 11.3 Å². The van der Waals surface area contributed by atoms with Gasteiger partial charge in [0, 0.05) is 18.8 Å². The average molecular weight is 294 g/mol. The number of ether oxygens (including phenoxy) is 1. The summed E-state index contributed by atoms with van der Waals surface area (Å²) in [4.78, 5) is 11.4. The van der Waals surface area contributed by atoms with Gasteiger partial charge in [-0.25, -0.2) is 0 Å². The number of fused-ring (bicyclic) bond motifs is 1. The second-order valence-corrected chi connectivity index (χ2v) is 6.94. The summed E-state index contributed by atoms with van der Waals surface area (Å²) < 4.78 is 5.42. The number of hydrogen-bond donors (Lipinski definition) is 2. The maximum absolute atomic E-state index is 11.4. The summed E-state index contributed by atoms with van der Waals surface area (Å²) in [5, 5.41) is 21.5. The smallest absolute Gasteiger partial charge is 0.302 e. The van der Waals surface area contributed by atoms with Crippen molar-refractivity contribution in [3.63, 3.8) is 0 Å². The Bertz CT molecular complexity index is 483. The second-order valence-electron chi connectivity index (χ2n) is 6.94. The fourth-order valence-corrected chi connectivity index (χ4v) is 3.98. The van der Waals surface area contributed by atoms with E-state index in [0.29, 0.717) is 24.8 Å². The van der Waals surface area contributed by atoms with E-state index in [4.69, 9.17) is 4.74 Å². The van der Waals surface area contributed by atoms with Crippen molar-refractivity contribution in [3.8, 4) is 0 Å². The number of allylic oxidation sites excluding steroid dienone is 1. The molecule has 0 aromatic heterocycles. The third kappa shape index (κ3) is 2.44. The van der Waals surface area contributed by atoms with Crippen molar-refractivity contribution in [1.82, 2.24) is 0 Å². The lowest BCUT2D eigenvalue weighted by molar-refractivity contribution is -0.199. The maximum atomic E-state index is 11.4. The zero-order chi connectivity index (χ0) is 16.0. The Kier molecular flexibility index (Phi) is 4.06. The Hall–Kier alpha value is -1.13. The molecule has 0 bridgehead atoms. The normalized spacial score (nSPS) is 43.1. The Morgan fingerprint density at radius 2 is 2.05 bits per heavy atom. The molecule has 2 rings (SSSR count). The van der Waals surface area contributed by atoms with Crippen LogP contribution in [-0.4, -0.2) is 34.0 Å². The molecule has 5 atom stereocenters. The average Bonchev–Trinajstić information content (AvgIpc) is 2.38. The molecule has 0 heterocycles. The first kappa shape index (κ1) is 16.2. The number of carbonyl (C=O) groups excluding carboxylic acids is 1. The highest BCUT2D eigenvalue weighted by Crippen LogP contribution is 2.57. The number of aliphatic hydroxyl groups is 2. The molecule has 21 heavy (non-hydrogen) atoms. The van der Waals surface area contributed by atoms with E-state index < -0.39 is 23.2 Å². The molecular weight excluding hydrogens is 268 g/mol. The van der Waals surface area contributed by atoms with Crippen LogP contribution in [-0.2, 0) is 9.53 Å². The molecule has 0 amide bonds. The third-order valence-corrected chi connectivity index (χ3v) is 5.59. The van der Waals surface area contributed by atoms with Gasteiger partial charge in [-0.2, -0.15) is 0 Å². The largest absolute Gasteiger partial charge is 0.462 e. The maximum Gasteiger partial charge on any atom is 0.302 e. The van der Waals surface area contributed by atoms with E-state index in [1.165, 1.54) is 6.92 Å². The molecule has 0 aromatic carbocycles. The summed E-state index contributed by atoms with van der Waals surface area (Å²) in [6, 6.07) is 0. The van der Waals surface area contributed by atoms with Crippen molar-refractivity contribution in [1.29, 1.82) is 0 Å². The lowest BCUT2D eigenvalue weighted by Crippen LogP contribution is -2.64. The predicted octanol–water partition coefficient (Wildman–Crippen LogP) is 2.35. The highest BCUT2D eigenvalue weighted by atomic mass is 16.5. The van der Waals surface area contributed by atoms with Gasteiger partial charge in [0.25, 0.3) is 0 Å². The number of rotatable bonds is 2. The van der Waals surface area contributed by atoms with Gasteiger partial charge in [-0.15, -0.1) is 0 Å². The van der Waals surface area contributed by atoms with Gasteiger partial charge in [0.05, 0.1) is 11.7 Å². The molecule has 0 saturated heterocycles. The molecule has 0 aliphatic heterocycles. The van der Waals surface area contributed by atoms with Gasteiger partial charge in [-0.1, -0.05) is 25.7 Å². The molecule has 0 spiro atoms. The van der Waals surface area contributed by atoms with Crippen LogP contribution in [0.25, 0.3) is 0 Å².